The molecule has 2 aliphatic rings. The van der Waals surface area contributed by atoms with E-state index in [4.69, 9.17) is 9.47 Å². The maximum atomic E-state index is 12.5. The fraction of sp³-hybridized carbons (Fsp3) is 0.348. The van der Waals surface area contributed by atoms with E-state index in [2.05, 4.69) is 23.1 Å². The van der Waals surface area contributed by atoms with Crippen LogP contribution in [0, 0.1) is 0 Å². The highest BCUT2D eigenvalue weighted by atomic mass is 16.5. The van der Waals surface area contributed by atoms with Gasteiger partial charge in [0.15, 0.2) is 0 Å². The molecule has 0 radical (unpaired) electrons. The molecule has 28 heavy (non-hydrogen) atoms. The first-order valence-corrected chi connectivity index (χ1v) is 9.79. The molecule has 5 nitrogen and oxygen atoms in total. The first-order chi connectivity index (χ1) is 13.7. The number of rotatable bonds is 5. The third-order valence-electron chi connectivity index (χ3n) is 5.36. The van der Waals surface area contributed by atoms with E-state index in [1.54, 1.807) is 13.2 Å². The highest BCUT2D eigenvalue weighted by Crippen LogP contribution is 2.26. The molecule has 2 aromatic carbocycles. The zero-order chi connectivity index (χ0) is 19.3. The number of carbonyl (C=O) groups excluding carboxylic acids is 1. The molecule has 2 aliphatic heterocycles. The van der Waals surface area contributed by atoms with Crippen molar-refractivity contribution >= 4 is 12.0 Å². The monoisotopic (exact) mass is 378 g/mol. The molecule has 0 aliphatic carbocycles. The third-order valence-corrected chi connectivity index (χ3v) is 5.36. The number of benzene rings is 2. The standard InChI is InChI=1S/C23H26N2O3/c1-27-21-4-2-3-18(16-21)6-8-23(26)25-12-10-24(11-13-25)17-19-5-7-22-20(15-19)9-14-28-22/h2-8,15-16H,9-14,17H2,1H3/b8-6+. The lowest BCUT2D eigenvalue weighted by atomic mass is 10.1. The number of carbonyl (C=O) groups is 1. The van der Waals surface area contributed by atoms with E-state index in [9.17, 15) is 4.79 Å². The lowest BCUT2D eigenvalue weighted by Crippen LogP contribution is -2.47. The molecule has 5 heteroatoms. The SMILES string of the molecule is COc1cccc(/C=C/C(=O)N2CCN(Cc3ccc4c(c3)CCO4)CC2)c1. The van der Waals surface area contributed by atoms with E-state index in [0.29, 0.717) is 0 Å². The first kappa shape index (κ1) is 18.6. The van der Waals surface area contributed by atoms with Gasteiger partial charge >= 0.3 is 0 Å². The molecule has 1 amide bonds. The normalized spacial score (nSPS) is 16.8. The van der Waals surface area contributed by atoms with E-state index in [0.717, 1.165) is 62.8 Å². The van der Waals surface area contributed by atoms with E-state index in [1.165, 1.54) is 11.1 Å². The van der Waals surface area contributed by atoms with Crippen LogP contribution in [0.1, 0.15) is 16.7 Å². The summed E-state index contributed by atoms with van der Waals surface area (Å²) in [7, 11) is 1.64. The molecular formula is C23H26N2O3. The van der Waals surface area contributed by atoms with Crippen LogP contribution in [0.15, 0.2) is 48.5 Å². The quantitative estimate of drug-likeness (QED) is 0.750. The summed E-state index contributed by atoms with van der Waals surface area (Å²) in [5.41, 5.74) is 3.60. The van der Waals surface area contributed by atoms with Crippen LogP contribution in [-0.2, 0) is 17.8 Å². The Morgan fingerprint density at radius 1 is 1.14 bits per heavy atom. The van der Waals surface area contributed by atoms with Crippen LogP contribution >= 0.6 is 0 Å². The lowest BCUT2D eigenvalue weighted by molar-refractivity contribution is -0.127. The summed E-state index contributed by atoms with van der Waals surface area (Å²) in [6.45, 7) is 5.03. The van der Waals surface area contributed by atoms with Crippen LogP contribution in [-0.4, -0.2) is 55.6 Å². The van der Waals surface area contributed by atoms with Gasteiger partial charge in [-0.25, -0.2) is 0 Å². The largest absolute Gasteiger partial charge is 0.497 e. The van der Waals surface area contributed by atoms with Gasteiger partial charge in [-0.3, -0.25) is 9.69 Å². The number of amides is 1. The summed E-state index contributed by atoms with van der Waals surface area (Å²) in [5.74, 6) is 1.89. The van der Waals surface area contributed by atoms with E-state index in [1.807, 2.05) is 35.2 Å². The summed E-state index contributed by atoms with van der Waals surface area (Å²) >= 11 is 0. The number of methoxy groups -OCH3 is 1. The van der Waals surface area contributed by atoms with Gasteiger partial charge in [0.25, 0.3) is 0 Å². The van der Waals surface area contributed by atoms with Gasteiger partial charge in [-0.2, -0.15) is 0 Å². The van der Waals surface area contributed by atoms with Gasteiger partial charge in [0.05, 0.1) is 13.7 Å². The minimum absolute atomic E-state index is 0.0668. The molecule has 0 bridgehead atoms. The lowest BCUT2D eigenvalue weighted by Gasteiger charge is -2.34. The summed E-state index contributed by atoms with van der Waals surface area (Å²) < 4.78 is 10.8. The van der Waals surface area contributed by atoms with Crippen LogP contribution in [0.3, 0.4) is 0 Å². The Balaban J connectivity index is 1.28. The van der Waals surface area contributed by atoms with Crippen molar-refractivity contribution in [3.05, 3.63) is 65.2 Å². The van der Waals surface area contributed by atoms with E-state index >= 15 is 0 Å². The Labute approximate surface area is 166 Å². The Kier molecular flexibility index (Phi) is 5.63. The number of nitrogens with zero attached hydrogens (tertiary/aromatic N) is 2. The number of hydrogen-bond acceptors (Lipinski definition) is 4. The predicted molar refractivity (Wildman–Crippen MR) is 110 cm³/mol. The Morgan fingerprint density at radius 3 is 2.82 bits per heavy atom. The highest BCUT2D eigenvalue weighted by Gasteiger charge is 2.20. The third kappa shape index (κ3) is 4.37. The second-order valence-corrected chi connectivity index (χ2v) is 7.25. The van der Waals surface area contributed by atoms with Crippen LogP contribution in [0.2, 0.25) is 0 Å². The number of fused-ring (bicyclic) bond motifs is 1. The maximum Gasteiger partial charge on any atom is 0.246 e. The molecule has 2 aromatic rings. The molecule has 0 spiro atoms. The average molecular weight is 378 g/mol. The Bertz CT molecular complexity index is 870. The minimum Gasteiger partial charge on any atom is -0.497 e. The Hall–Kier alpha value is -2.79. The summed E-state index contributed by atoms with van der Waals surface area (Å²) in [4.78, 5) is 16.8. The summed E-state index contributed by atoms with van der Waals surface area (Å²) in [6, 6.07) is 14.2. The molecular weight excluding hydrogens is 352 g/mol. The van der Waals surface area contributed by atoms with Crippen LogP contribution in [0.4, 0.5) is 0 Å². The molecule has 1 saturated heterocycles. The molecule has 1 fully saturated rings. The zero-order valence-electron chi connectivity index (χ0n) is 16.3. The Morgan fingerprint density at radius 2 is 2.00 bits per heavy atom. The molecule has 0 N–H and O–H groups in total. The molecule has 146 valence electrons. The number of hydrogen-bond donors (Lipinski definition) is 0. The second kappa shape index (κ2) is 8.48. The van der Waals surface area contributed by atoms with Gasteiger partial charge in [0.2, 0.25) is 5.91 Å². The molecule has 0 atom stereocenters. The van der Waals surface area contributed by atoms with Gasteiger partial charge in [0.1, 0.15) is 11.5 Å². The zero-order valence-corrected chi connectivity index (χ0v) is 16.3. The summed E-state index contributed by atoms with van der Waals surface area (Å²) in [6.07, 6.45) is 4.51. The second-order valence-electron chi connectivity index (χ2n) is 7.25. The molecule has 0 saturated carbocycles. The van der Waals surface area contributed by atoms with E-state index < -0.39 is 0 Å². The van der Waals surface area contributed by atoms with Crippen molar-refractivity contribution in [2.45, 2.75) is 13.0 Å². The van der Waals surface area contributed by atoms with Crippen LogP contribution in [0.25, 0.3) is 6.08 Å². The fourth-order valence-electron chi connectivity index (χ4n) is 3.74. The number of piperazine rings is 1. The molecule has 0 aromatic heterocycles. The van der Waals surface area contributed by atoms with Gasteiger partial charge < -0.3 is 14.4 Å². The molecule has 4 rings (SSSR count). The molecule has 2 heterocycles. The minimum atomic E-state index is 0.0668. The van der Waals surface area contributed by atoms with Crippen molar-refractivity contribution in [3.8, 4) is 11.5 Å². The fourth-order valence-corrected chi connectivity index (χ4v) is 3.74. The molecule has 0 unspecified atom stereocenters. The van der Waals surface area contributed by atoms with Crippen molar-refractivity contribution in [2.75, 3.05) is 39.9 Å². The summed E-state index contributed by atoms with van der Waals surface area (Å²) in [5, 5.41) is 0. The smallest absolute Gasteiger partial charge is 0.246 e. The maximum absolute atomic E-state index is 12.5. The highest BCUT2D eigenvalue weighted by molar-refractivity contribution is 5.91. The van der Waals surface area contributed by atoms with Crippen molar-refractivity contribution in [1.82, 2.24) is 9.80 Å². The van der Waals surface area contributed by atoms with Gasteiger partial charge in [-0.15, -0.1) is 0 Å². The topological polar surface area (TPSA) is 42.0 Å². The van der Waals surface area contributed by atoms with Crippen LogP contribution in [0.5, 0.6) is 11.5 Å². The van der Waals surface area contributed by atoms with Crippen LogP contribution < -0.4 is 9.47 Å². The van der Waals surface area contributed by atoms with Gasteiger partial charge in [-0.05, 0) is 41.0 Å². The van der Waals surface area contributed by atoms with Gasteiger partial charge in [0, 0.05) is 45.2 Å². The predicted octanol–water partition coefficient (Wildman–Crippen LogP) is 2.99. The van der Waals surface area contributed by atoms with Gasteiger partial charge in [-0.1, -0.05) is 24.3 Å². The van der Waals surface area contributed by atoms with Crippen molar-refractivity contribution in [2.24, 2.45) is 0 Å². The number of ether oxygens (including phenoxy) is 2. The first-order valence-electron chi connectivity index (χ1n) is 9.79. The van der Waals surface area contributed by atoms with E-state index in [-0.39, 0.29) is 5.91 Å². The van der Waals surface area contributed by atoms with Crippen molar-refractivity contribution in [1.29, 1.82) is 0 Å². The van der Waals surface area contributed by atoms with Crippen molar-refractivity contribution in [3.63, 3.8) is 0 Å². The average Bonchev–Trinajstić information content (AvgIpc) is 3.20. The van der Waals surface area contributed by atoms with Crippen molar-refractivity contribution < 1.29 is 14.3 Å².